The lowest BCUT2D eigenvalue weighted by Gasteiger charge is -2.09. The Kier molecular flexibility index (Phi) is 3.01. The highest BCUT2D eigenvalue weighted by atomic mass is 19.4. The van der Waals surface area contributed by atoms with E-state index in [0.717, 1.165) is 31.5 Å². The molecule has 0 radical (unpaired) electrons. The lowest BCUT2D eigenvalue weighted by molar-refractivity contribution is -0.140. The molecule has 1 saturated heterocycles. The van der Waals surface area contributed by atoms with Gasteiger partial charge < -0.3 is 10.3 Å². The predicted octanol–water partition coefficient (Wildman–Crippen LogP) is 3.34. The summed E-state index contributed by atoms with van der Waals surface area (Å²) in [5.41, 5.74) is 0.897. The smallest absolute Gasteiger partial charge is 0.351 e. The first kappa shape index (κ1) is 12.5. The lowest BCUT2D eigenvalue weighted by atomic mass is 9.96. The van der Waals surface area contributed by atoms with Crippen molar-refractivity contribution >= 4 is 10.9 Å². The molecule has 1 aromatic heterocycles. The number of fused-ring (bicyclic) bond motifs is 1. The van der Waals surface area contributed by atoms with Gasteiger partial charge in [-0.1, -0.05) is 12.1 Å². The molecule has 3 rings (SSSR count). The summed E-state index contributed by atoms with van der Waals surface area (Å²) >= 11 is 0. The van der Waals surface area contributed by atoms with Crippen molar-refractivity contribution in [2.75, 3.05) is 13.1 Å². The molecule has 0 spiro atoms. The highest BCUT2D eigenvalue weighted by Gasteiger charge is 2.32. The molecule has 1 aliphatic rings. The molecule has 1 aromatic carbocycles. The number of aromatic nitrogens is 1. The van der Waals surface area contributed by atoms with Gasteiger partial charge in [-0.3, -0.25) is 0 Å². The molecule has 0 saturated carbocycles. The van der Waals surface area contributed by atoms with Crippen LogP contribution >= 0.6 is 0 Å². The van der Waals surface area contributed by atoms with E-state index in [1.165, 1.54) is 6.07 Å². The van der Waals surface area contributed by atoms with E-state index in [1.807, 2.05) is 12.1 Å². The number of aromatic amines is 1. The van der Waals surface area contributed by atoms with Crippen LogP contribution in [0, 0.1) is 5.92 Å². The number of hydrogen-bond acceptors (Lipinski definition) is 1. The van der Waals surface area contributed by atoms with Gasteiger partial charge in [0.1, 0.15) is 5.69 Å². The summed E-state index contributed by atoms with van der Waals surface area (Å²) in [6.45, 7) is 1.95. The Bertz CT molecular complexity index is 580. The van der Waals surface area contributed by atoms with Gasteiger partial charge in [-0.25, -0.2) is 0 Å². The normalized spacial score (nSPS) is 20.3. The van der Waals surface area contributed by atoms with E-state index >= 15 is 0 Å². The van der Waals surface area contributed by atoms with Gasteiger partial charge in [0.05, 0.1) is 0 Å². The fourth-order valence-corrected chi connectivity index (χ4v) is 2.75. The number of benzene rings is 1. The topological polar surface area (TPSA) is 27.8 Å². The summed E-state index contributed by atoms with van der Waals surface area (Å²) < 4.78 is 38.2. The molecule has 102 valence electrons. The molecule has 5 heteroatoms. The molecule has 1 fully saturated rings. The van der Waals surface area contributed by atoms with E-state index in [-0.39, 0.29) is 0 Å². The molecule has 2 aromatic rings. The Morgan fingerprint density at radius 1 is 1.26 bits per heavy atom. The van der Waals surface area contributed by atoms with E-state index in [4.69, 9.17) is 0 Å². The molecule has 2 N–H and O–H groups in total. The zero-order chi connectivity index (χ0) is 13.5. The number of hydrogen-bond donors (Lipinski definition) is 2. The number of nitrogens with one attached hydrogen (secondary N) is 2. The van der Waals surface area contributed by atoms with Crippen LogP contribution in [-0.4, -0.2) is 18.1 Å². The Balaban J connectivity index is 1.97. The summed E-state index contributed by atoms with van der Waals surface area (Å²) in [5, 5.41) is 3.98. The molecular formula is C14H15F3N2. The Hall–Kier alpha value is -1.49. The van der Waals surface area contributed by atoms with Crippen molar-refractivity contribution in [1.82, 2.24) is 10.3 Å². The second-order valence-corrected chi connectivity index (χ2v) is 5.12. The average Bonchev–Trinajstić information content (AvgIpc) is 2.96. The Morgan fingerprint density at radius 3 is 2.79 bits per heavy atom. The minimum atomic E-state index is -4.31. The summed E-state index contributed by atoms with van der Waals surface area (Å²) in [4.78, 5) is 2.46. The summed E-state index contributed by atoms with van der Waals surface area (Å²) in [6.07, 6.45) is -2.39. The van der Waals surface area contributed by atoms with E-state index < -0.39 is 11.9 Å². The SMILES string of the molecule is FC(F)(F)c1cc2c(CC3CCNC3)cccc2[nH]1. The molecule has 0 bridgehead atoms. The van der Waals surface area contributed by atoms with E-state index in [0.29, 0.717) is 16.8 Å². The zero-order valence-electron chi connectivity index (χ0n) is 10.3. The highest BCUT2D eigenvalue weighted by molar-refractivity contribution is 5.84. The first-order valence-corrected chi connectivity index (χ1v) is 6.42. The maximum atomic E-state index is 12.7. The van der Waals surface area contributed by atoms with Crippen molar-refractivity contribution in [3.8, 4) is 0 Å². The number of alkyl halides is 3. The van der Waals surface area contributed by atoms with Crippen LogP contribution in [-0.2, 0) is 12.6 Å². The van der Waals surface area contributed by atoms with Crippen molar-refractivity contribution in [2.45, 2.75) is 19.0 Å². The second kappa shape index (κ2) is 4.56. The molecule has 0 amide bonds. The van der Waals surface area contributed by atoms with Crippen molar-refractivity contribution in [3.05, 3.63) is 35.5 Å². The average molecular weight is 268 g/mol. The predicted molar refractivity (Wildman–Crippen MR) is 68.0 cm³/mol. The van der Waals surface area contributed by atoms with Crippen molar-refractivity contribution in [1.29, 1.82) is 0 Å². The van der Waals surface area contributed by atoms with Gasteiger partial charge in [0.2, 0.25) is 0 Å². The molecule has 2 nitrogen and oxygen atoms in total. The van der Waals surface area contributed by atoms with Crippen LogP contribution in [0.25, 0.3) is 10.9 Å². The molecule has 1 unspecified atom stereocenters. The van der Waals surface area contributed by atoms with Crippen molar-refractivity contribution < 1.29 is 13.2 Å². The lowest BCUT2D eigenvalue weighted by Crippen LogP contribution is -2.10. The molecular weight excluding hydrogens is 253 g/mol. The zero-order valence-corrected chi connectivity index (χ0v) is 10.3. The highest BCUT2D eigenvalue weighted by Crippen LogP contribution is 2.33. The minimum Gasteiger partial charge on any atom is -0.351 e. The van der Waals surface area contributed by atoms with Crippen LogP contribution in [0.4, 0.5) is 13.2 Å². The van der Waals surface area contributed by atoms with E-state index in [2.05, 4.69) is 10.3 Å². The largest absolute Gasteiger partial charge is 0.431 e. The summed E-state index contributed by atoms with van der Waals surface area (Å²) in [6, 6.07) is 6.67. The Morgan fingerprint density at radius 2 is 2.11 bits per heavy atom. The van der Waals surface area contributed by atoms with Crippen molar-refractivity contribution in [2.24, 2.45) is 5.92 Å². The fourth-order valence-electron chi connectivity index (χ4n) is 2.75. The van der Waals surface area contributed by atoms with E-state index in [1.54, 1.807) is 6.07 Å². The molecule has 2 heterocycles. The van der Waals surface area contributed by atoms with Gasteiger partial charge in [-0.05, 0) is 49.5 Å². The number of H-pyrrole nitrogens is 1. The maximum absolute atomic E-state index is 12.7. The fraction of sp³-hybridized carbons (Fsp3) is 0.429. The van der Waals surface area contributed by atoms with Crippen LogP contribution < -0.4 is 5.32 Å². The van der Waals surface area contributed by atoms with Gasteiger partial charge in [-0.2, -0.15) is 13.2 Å². The van der Waals surface area contributed by atoms with E-state index in [9.17, 15) is 13.2 Å². The first-order valence-electron chi connectivity index (χ1n) is 6.42. The number of rotatable bonds is 2. The third-order valence-electron chi connectivity index (χ3n) is 3.73. The van der Waals surface area contributed by atoms with Crippen LogP contribution in [0.3, 0.4) is 0 Å². The van der Waals surface area contributed by atoms with Gasteiger partial charge in [0, 0.05) is 10.9 Å². The second-order valence-electron chi connectivity index (χ2n) is 5.12. The van der Waals surface area contributed by atoms with Crippen LogP contribution in [0.1, 0.15) is 17.7 Å². The molecule has 1 atom stereocenters. The summed E-state index contributed by atoms with van der Waals surface area (Å²) in [5.74, 6) is 0.523. The van der Waals surface area contributed by atoms with Gasteiger partial charge in [0.15, 0.2) is 0 Å². The van der Waals surface area contributed by atoms with Gasteiger partial charge in [0.25, 0.3) is 0 Å². The first-order chi connectivity index (χ1) is 9.04. The van der Waals surface area contributed by atoms with Crippen LogP contribution in [0.5, 0.6) is 0 Å². The summed E-state index contributed by atoms with van der Waals surface area (Å²) in [7, 11) is 0. The van der Waals surface area contributed by atoms with Crippen molar-refractivity contribution in [3.63, 3.8) is 0 Å². The maximum Gasteiger partial charge on any atom is 0.431 e. The number of halogens is 3. The van der Waals surface area contributed by atoms with Gasteiger partial charge >= 0.3 is 6.18 Å². The quantitative estimate of drug-likeness (QED) is 0.859. The standard InChI is InChI=1S/C14H15F3N2/c15-14(16,17)13-7-11-10(2-1-3-12(11)19-13)6-9-4-5-18-8-9/h1-3,7,9,18-19H,4-6,8H2. The van der Waals surface area contributed by atoms with Crippen LogP contribution in [0.2, 0.25) is 0 Å². The Labute approximate surface area is 109 Å². The molecule has 0 aliphatic carbocycles. The van der Waals surface area contributed by atoms with Gasteiger partial charge in [-0.15, -0.1) is 0 Å². The molecule has 1 aliphatic heterocycles. The monoisotopic (exact) mass is 268 g/mol. The third-order valence-corrected chi connectivity index (χ3v) is 3.73. The minimum absolute atomic E-state index is 0.523. The molecule has 19 heavy (non-hydrogen) atoms. The third kappa shape index (κ3) is 2.47. The van der Waals surface area contributed by atoms with Crippen LogP contribution in [0.15, 0.2) is 24.3 Å².